The van der Waals surface area contributed by atoms with E-state index in [0.29, 0.717) is 12.0 Å². The van der Waals surface area contributed by atoms with Crippen LogP contribution in [-0.4, -0.2) is 21.4 Å². The zero-order valence-electron chi connectivity index (χ0n) is 7.90. The first-order chi connectivity index (χ1) is 5.93. The molecule has 1 aromatic rings. The summed E-state index contributed by atoms with van der Waals surface area (Å²) in [7, 11) is 0. The average molecular weight is 180 g/mol. The Balaban J connectivity index is 3.24. The first-order valence-electron chi connectivity index (χ1n) is 3.97. The van der Waals surface area contributed by atoms with Gasteiger partial charge in [-0.1, -0.05) is 20.8 Å². The predicted octanol–water partition coefficient (Wildman–Crippen LogP) is 1.29. The normalized spacial score (nSPS) is 11.3. The lowest BCUT2D eigenvalue weighted by Crippen LogP contribution is -2.14. The Hall–Kier alpha value is -1.45. The lowest BCUT2D eigenvalue weighted by Gasteiger charge is -2.17. The zero-order chi connectivity index (χ0) is 10.1. The van der Waals surface area contributed by atoms with E-state index in [1.165, 1.54) is 0 Å². The van der Waals surface area contributed by atoms with Gasteiger partial charge in [0, 0.05) is 5.41 Å². The minimum absolute atomic E-state index is 0.196. The molecule has 70 valence electrons. The highest BCUT2D eigenvalue weighted by molar-refractivity contribution is 5.72. The molecule has 0 bridgehead atoms. The number of carbonyl (C=O) groups is 1. The van der Waals surface area contributed by atoms with Crippen molar-refractivity contribution in [2.75, 3.05) is 0 Å². The molecule has 0 unspecified atom stereocenters. The first-order valence-corrected chi connectivity index (χ1v) is 3.97. The number of carbonyl (C=O) groups excluding carboxylic acids is 1. The van der Waals surface area contributed by atoms with Crippen molar-refractivity contribution in [1.29, 1.82) is 0 Å². The molecule has 0 spiro atoms. The molecule has 4 heteroatoms. The fraction of sp³-hybridized carbons (Fsp3) is 0.444. The Morgan fingerprint density at radius 2 is 2.00 bits per heavy atom. The van der Waals surface area contributed by atoms with Gasteiger partial charge in [-0.25, -0.2) is 0 Å². The van der Waals surface area contributed by atoms with Crippen LogP contribution in [0, 0.1) is 0 Å². The van der Waals surface area contributed by atoms with E-state index in [1.54, 1.807) is 6.07 Å². The molecule has 0 saturated carbocycles. The van der Waals surface area contributed by atoms with Crippen LogP contribution in [0.3, 0.4) is 0 Å². The Bertz CT molecular complexity index is 329. The van der Waals surface area contributed by atoms with Gasteiger partial charge in [0.2, 0.25) is 0 Å². The molecular weight excluding hydrogens is 168 g/mol. The van der Waals surface area contributed by atoms with Crippen molar-refractivity contribution >= 4 is 6.29 Å². The number of hydrogen-bond donors (Lipinski definition) is 1. The van der Waals surface area contributed by atoms with Crippen molar-refractivity contribution in [3.63, 3.8) is 0 Å². The Morgan fingerprint density at radius 3 is 2.46 bits per heavy atom. The molecule has 1 rings (SSSR count). The second-order valence-electron chi connectivity index (χ2n) is 3.85. The van der Waals surface area contributed by atoms with Gasteiger partial charge in [-0.3, -0.25) is 4.79 Å². The maximum atomic E-state index is 10.4. The van der Waals surface area contributed by atoms with Crippen LogP contribution >= 0.6 is 0 Å². The summed E-state index contributed by atoms with van der Waals surface area (Å²) in [5.74, 6) is 0. The summed E-state index contributed by atoms with van der Waals surface area (Å²) in [6, 6.07) is 1.22. The second kappa shape index (κ2) is 3.12. The molecule has 1 N–H and O–H groups in total. The van der Waals surface area contributed by atoms with Crippen molar-refractivity contribution in [1.82, 2.24) is 9.97 Å². The molecule has 4 nitrogen and oxygen atoms in total. The predicted molar refractivity (Wildman–Crippen MR) is 47.8 cm³/mol. The number of nitrogens with zero attached hydrogens (tertiary/aromatic N) is 2. The number of aromatic hydroxyl groups is 1. The van der Waals surface area contributed by atoms with Gasteiger partial charge in [-0.15, -0.1) is 0 Å². The van der Waals surface area contributed by atoms with Crippen molar-refractivity contribution in [2.45, 2.75) is 26.2 Å². The third-order valence-electron chi connectivity index (χ3n) is 1.62. The van der Waals surface area contributed by atoms with Gasteiger partial charge in [0.1, 0.15) is 5.69 Å². The van der Waals surface area contributed by atoms with Crippen molar-refractivity contribution in [2.24, 2.45) is 0 Å². The minimum Gasteiger partial charge on any atom is -0.479 e. The summed E-state index contributed by atoms with van der Waals surface area (Å²) in [4.78, 5) is 17.8. The topological polar surface area (TPSA) is 63.1 Å². The summed E-state index contributed by atoms with van der Waals surface area (Å²) in [6.07, 6.45) is 0.594. The molecular formula is C9H12N2O2. The molecule has 0 fully saturated rings. The summed E-state index contributed by atoms with van der Waals surface area (Å²) in [5, 5.41) is 9.11. The molecule has 13 heavy (non-hydrogen) atoms. The quantitative estimate of drug-likeness (QED) is 0.661. The number of rotatable bonds is 1. The zero-order valence-corrected chi connectivity index (χ0v) is 7.90. The Morgan fingerprint density at radius 1 is 1.38 bits per heavy atom. The lowest BCUT2D eigenvalue weighted by atomic mass is 9.91. The van der Waals surface area contributed by atoms with Gasteiger partial charge in [0.25, 0.3) is 0 Å². The van der Waals surface area contributed by atoms with E-state index in [2.05, 4.69) is 9.97 Å². The van der Waals surface area contributed by atoms with E-state index in [-0.39, 0.29) is 17.1 Å². The van der Waals surface area contributed by atoms with Gasteiger partial charge in [-0.2, -0.15) is 9.97 Å². The van der Waals surface area contributed by atoms with E-state index < -0.39 is 0 Å². The largest absolute Gasteiger partial charge is 0.479 e. The molecule has 1 heterocycles. The van der Waals surface area contributed by atoms with Gasteiger partial charge < -0.3 is 5.11 Å². The average Bonchev–Trinajstić information content (AvgIpc) is 2.01. The van der Waals surface area contributed by atoms with E-state index in [9.17, 15) is 4.79 Å². The van der Waals surface area contributed by atoms with Crippen LogP contribution in [-0.2, 0) is 5.41 Å². The first kappa shape index (κ1) is 9.64. The third kappa shape index (κ3) is 2.24. The summed E-state index contributed by atoms with van der Waals surface area (Å²) in [6.45, 7) is 5.84. The van der Waals surface area contributed by atoms with Crippen molar-refractivity contribution < 1.29 is 9.90 Å². The molecule has 0 amide bonds. The molecule has 0 aliphatic carbocycles. The lowest BCUT2D eigenvalue weighted by molar-refractivity contribution is 0.111. The smallest absolute Gasteiger partial charge is 0.314 e. The molecule has 1 aromatic heterocycles. The standard InChI is InChI=1S/C9H12N2O2/c1-9(2,3)7-4-6(5-12)10-8(13)11-7/h4-5H,1-3H3,(H,10,11,13). The second-order valence-corrected chi connectivity index (χ2v) is 3.85. The van der Waals surface area contributed by atoms with Crippen molar-refractivity contribution in [3.05, 3.63) is 17.5 Å². The molecule has 0 aromatic carbocycles. The van der Waals surface area contributed by atoms with E-state index in [0.717, 1.165) is 0 Å². The van der Waals surface area contributed by atoms with Gasteiger partial charge in [-0.05, 0) is 6.07 Å². The molecule has 0 atom stereocenters. The van der Waals surface area contributed by atoms with Crippen LogP contribution in [0.15, 0.2) is 6.07 Å². The van der Waals surface area contributed by atoms with Crippen LogP contribution in [0.5, 0.6) is 6.01 Å². The Labute approximate surface area is 76.7 Å². The summed E-state index contributed by atoms with van der Waals surface area (Å²) >= 11 is 0. The fourth-order valence-corrected chi connectivity index (χ4v) is 0.897. The highest BCUT2D eigenvalue weighted by Gasteiger charge is 2.17. The van der Waals surface area contributed by atoms with Gasteiger partial charge >= 0.3 is 6.01 Å². The third-order valence-corrected chi connectivity index (χ3v) is 1.62. The molecule has 0 saturated heterocycles. The highest BCUT2D eigenvalue weighted by Crippen LogP contribution is 2.21. The van der Waals surface area contributed by atoms with Crippen LogP contribution in [0.4, 0.5) is 0 Å². The number of hydrogen-bond acceptors (Lipinski definition) is 4. The van der Waals surface area contributed by atoms with Crippen LogP contribution < -0.4 is 0 Å². The van der Waals surface area contributed by atoms with Crippen LogP contribution in [0.2, 0.25) is 0 Å². The van der Waals surface area contributed by atoms with Crippen LogP contribution in [0.25, 0.3) is 0 Å². The van der Waals surface area contributed by atoms with Crippen LogP contribution in [0.1, 0.15) is 37.0 Å². The monoisotopic (exact) mass is 180 g/mol. The summed E-state index contributed by atoms with van der Waals surface area (Å²) < 4.78 is 0. The minimum atomic E-state index is -0.352. The SMILES string of the molecule is CC(C)(C)c1cc(C=O)nc(O)n1. The van der Waals surface area contributed by atoms with E-state index in [4.69, 9.17) is 5.11 Å². The summed E-state index contributed by atoms with van der Waals surface area (Å²) in [5.41, 5.74) is 0.664. The number of aromatic nitrogens is 2. The maximum absolute atomic E-state index is 10.4. The molecule has 0 aliphatic rings. The van der Waals surface area contributed by atoms with Gasteiger partial charge in [0.05, 0.1) is 5.69 Å². The highest BCUT2D eigenvalue weighted by atomic mass is 16.3. The van der Waals surface area contributed by atoms with Gasteiger partial charge in [0.15, 0.2) is 6.29 Å². The fourth-order valence-electron chi connectivity index (χ4n) is 0.897. The number of aldehydes is 1. The molecule has 0 radical (unpaired) electrons. The Kier molecular flexibility index (Phi) is 2.32. The molecule has 0 aliphatic heterocycles. The maximum Gasteiger partial charge on any atom is 0.314 e. The van der Waals surface area contributed by atoms with E-state index >= 15 is 0 Å². The van der Waals surface area contributed by atoms with Crippen molar-refractivity contribution in [3.8, 4) is 6.01 Å². The van der Waals surface area contributed by atoms with E-state index in [1.807, 2.05) is 20.8 Å².